The van der Waals surface area contributed by atoms with Crippen LogP contribution in [0.5, 0.6) is 0 Å². The van der Waals surface area contributed by atoms with E-state index in [2.05, 4.69) is 19.9 Å². The number of carbonyl (C=O) groups is 2. The normalized spacial score (nSPS) is 24.5. The molecule has 0 radical (unpaired) electrons. The highest BCUT2D eigenvalue weighted by molar-refractivity contribution is 6.00. The van der Waals surface area contributed by atoms with Crippen LogP contribution in [0.25, 0.3) is 0 Å². The van der Waals surface area contributed by atoms with Crippen LogP contribution in [0.3, 0.4) is 0 Å². The number of carbonyl (C=O) groups excluding carboxylic acids is 2. The zero-order chi connectivity index (χ0) is 11.6. The van der Waals surface area contributed by atoms with Crippen LogP contribution in [0.4, 0.5) is 0 Å². The molecule has 1 aliphatic carbocycles. The number of allylic oxidation sites excluding steroid dienone is 2. The minimum absolute atomic E-state index is 0.0121. The molecule has 0 bridgehead atoms. The van der Waals surface area contributed by atoms with Crippen molar-refractivity contribution >= 4 is 11.6 Å². The van der Waals surface area contributed by atoms with Gasteiger partial charge in [-0.3, -0.25) is 9.59 Å². The lowest BCUT2D eigenvalue weighted by atomic mass is 9.73. The molecule has 0 aliphatic heterocycles. The number of ketones is 2. The van der Waals surface area contributed by atoms with Gasteiger partial charge in [0.2, 0.25) is 0 Å². The Labute approximate surface area is 91.7 Å². The molecular formula is C13H20O2. The van der Waals surface area contributed by atoms with Gasteiger partial charge >= 0.3 is 0 Å². The maximum Gasteiger partial charge on any atom is 0.147 e. The first-order chi connectivity index (χ1) is 6.82. The van der Waals surface area contributed by atoms with Gasteiger partial charge in [-0.05, 0) is 32.1 Å². The second-order valence-corrected chi connectivity index (χ2v) is 5.31. The van der Waals surface area contributed by atoms with E-state index in [0.29, 0.717) is 0 Å². The molecule has 1 rings (SSSR count). The van der Waals surface area contributed by atoms with Crippen molar-refractivity contribution in [3.8, 4) is 0 Å². The van der Waals surface area contributed by atoms with Gasteiger partial charge in [0.25, 0.3) is 0 Å². The Balaban J connectivity index is 2.74. The second kappa shape index (κ2) is 4.30. The van der Waals surface area contributed by atoms with Crippen LogP contribution >= 0.6 is 0 Å². The summed E-state index contributed by atoms with van der Waals surface area (Å²) in [6.45, 7) is 7.84. The Kier molecular flexibility index (Phi) is 3.48. The molecule has 0 aromatic carbocycles. The summed E-state index contributed by atoms with van der Waals surface area (Å²) in [5.74, 6) is 0.0475. The molecule has 0 amide bonds. The molecule has 2 nitrogen and oxygen atoms in total. The highest BCUT2D eigenvalue weighted by Crippen LogP contribution is 2.37. The predicted octanol–water partition coefficient (Wildman–Crippen LogP) is 2.92. The van der Waals surface area contributed by atoms with Crippen LogP contribution in [0, 0.1) is 11.3 Å². The van der Waals surface area contributed by atoms with Crippen LogP contribution in [0.1, 0.15) is 47.0 Å². The number of rotatable bonds is 3. The molecule has 15 heavy (non-hydrogen) atoms. The summed E-state index contributed by atoms with van der Waals surface area (Å²) in [4.78, 5) is 22.7. The maximum atomic E-state index is 11.8. The first-order valence-corrected chi connectivity index (χ1v) is 5.53. The van der Waals surface area contributed by atoms with Crippen molar-refractivity contribution in [2.45, 2.75) is 47.0 Å². The van der Waals surface area contributed by atoms with Gasteiger partial charge in [-0.1, -0.05) is 25.5 Å². The molecule has 0 saturated heterocycles. The maximum absolute atomic E-state index is 11.8. The summed E-state index contributed by atoms with van der Waals surface area (Å²) in [6.07, 6.45) is 4.19. The van der Waals surface area contributed by atoms with Crippen LogP contribution in [0.2, 0.25) is 0 Å². The molecule has 0 heterocycles. The highest BCUT2D eigenvalue weighted by atomic mass is 16.1. The van der Waals surface area contributed by atoms with Gasteiger partial charge in [0.05, 0.1) is 6.42 Å². The van der Waals surface area contributed by atoms with Crippen molar-refractivity contribution in [1.29, 1.82) is 0 Å². The lowest BCUT2D eigenvalue weighted by molar-refractivity contribution is -0.127. The molecular weight excluding hydrogens is 188 g/mol. The first kappa shape index (κ1) is 12.2. The molecule has 84 valence electrons. The van der Waals surface area contributed by atoms with Gasteiger partial charge in [0, 0.05) is 5.92 Å². The smallest absolute Gasteiger partial charge is 0.147 e. The van der Waals surface area contributed by atoms with Gasteiger partial charge in [-0.15, -0.1) is 0 Å². The van der Waals surface area contributed by atoms with E-state index in [1.165, 1.54) is 6.92 Å². The molecule has 0 fully saturated rings. The van der Waals surface area contributed by atoms with Gasteiger partial charge in [-0.2, -0.15) is 0 Å². The average molecular weight is 208 g/mol. The van der Waals surface area contributed by atoms with E-state index in [4.69, 9.17) is 0 Å². The summed E-state index contributed by atoms with van der Waals surface area (Å²) >= 11 is 0. The lowest BCUT2D eigenvalue weighted by Gasteiger charge is -2.31. The van der Waals surface area contributed by atoms with Crippen molar-refractivity contribution in [3.05, 3.63) is 11.6 Å². The third-order valence-corrected chi connectivity index (χ3v) is 3.06. The van der Waals surface area contributed by atoms with Crippen molar-refractivity contribution in [2.24, 2.45) is 11.3 Å². The Hall–Kier alpha value is -0.920. The molecule has 0 N–H and O–H groups in total. The Morgan fingerprint density at radius 1 is 1.47 bits per heavy atom. The highest BCUT2D eigenvalue weighted by Gasteiger charge is 2.29. The minimum Gasteiger partial charge on any atom is -0.300 e. The number of Topliss-reactive ketones (excluding diaryl/α,β-unsaturated/α-hetero) is 2. The van der Waals surface area contributed by atoms with E-state index in [9.17, 15) is 9.59 Å². The van der Waals surface area contributed by atoms with Gasteiger partial charge < -0.3 is 0 Å². The van der Waals surface area contributed by atoms with Crippen LogP contribution in [-0.4, -0.2) is 11.6 Å². The Morgan fingerprint density at radius 2 is 2.07 bits per heavy atom. The van der Waals surface area contributed by atoms with E-state index in [1.54, 1.807) is 0 Å². The first-order valence-electron chi connectivity index (χ1n) is 5.53. The van der Waals surface area contributed by atoms with Crippen molar-refractivity contribution in [1.82, 2.24) is 0 Å². The molecule has 1 aliphatic rings. The van der Waals surface area contributed by atoms with Gasteiger partial charge in [0.15, 0.2) is 0 Å². The molecule has 1 unspecified atom stereocenters. The third kappa shape index (κ3) is 3.29. The molecule has 0 aromatic rings. The van der Waals surface area contributed by atoms with Crippen LogP contribution < -0.4 is 0 Å². The van der Waals surface area contributed by atoms with E-state index in [-0.39, 0.29) is 29.3 Å². The van der Waals surface area contributed by atoms with Crippen LogP contribution in [0.15, 0.2) is 11.6 Å². The standard InChI is InChI=1S/C13H20O2/c1-9-8-13(3,4)6-5-11(9)12(15)7-10(2)14/h8,11H,5-7H2,1-4H3. The number of hydrogen-bond acceptors (Lipinski definition) is 2. The molecule has 0 spiro atoms. The monoisotopic (exact) mass is 208 g/mol. The fourth-order valence-corrected chi connectivity index (χ4v) is 2.32. The summed E-state index contributed by atoms with van der Waals surface area (Å²) in [5, 5.41) is 0. The third-order valence-electron chi connectivity index (χ3n) is 3.06. The van der Waals surface area contributed by atoms with Crippen LogP contribution in [-0.2, 0) is 9.59 Å². The molecule has 0 saturated carbocycles. The summed E-state index contributed by atoms with van der Waals surface area (Å²) < 4.78 is 0. The topological polar surface area (TPSA) is 34.1 Å². The molecule has 0 aromatic heterocycles. The number of hydrogen-bond donors (Lipinski definition) is 0. The zero-order valence-corrected chi connectivity index (χ0v) is 10.1. The summed E-state index contributed by atoms with van der Waals surface area (Å²) in [7, 11) is 0. The van der Waals surface area contributed by atoms with E-state index < -0.39 is 0 Å². The summed E-state index contributed by atoms with van der Waals surface area (Å²) in [6, 6.07) is 0. The quantitative estimate of drug-likeness (QED) is 0.528. The van der Waals surface area contributed by atoms with Gasteiger partial charge in [0.1, 0.15) is 11.6 Å². The SMILES string of the molecule is CC(=O)CC(=O)C1CCC(C)(C)C=C1C. The fraction of sp³-hybridized carbons (Fsp3) is 0.692. The Morgan fingerprint density at radius 3 is 2.53 bits per heavy atom. The average Bonchev–Trinajstić information content (AvgIpc) is 1.99. The van der Waals surface area contributed by atoms with Crippen molar-refractivity contribution < 1.29 is 9.59 Å². The Bertz CT molecular complexity index is 310. The molecule has 1 atom stereocenters. The van der Waals surface area contributed by atoms with Crippen molar-refractivity contribution in [3.63, 3.8) is 0 Å². The van der Waals surface area contributed by atoms with E-state index in [0.717, 1.165) is 18.4 Å². The fourth-order valence-electron chi connectivity index (χ4n) is 2.32. The second-order valence-electron chi connectivity index (χ2n) is 5.31. The molecule has 2 heteroatoms. The largest absolute Gasteiger partial charge is 0.300 e. The van der Waals surface area contributed by atoms with Gasteiger partial charge in [-0.25, -0.2) is 0 Å². The lowest BCUT2D eigenvalue weighted by Crippen LogP contribution is -2.25. The minimum atomic E-state index is -0.0300. The predicted molar refractivity (Wildman–Crippen MR) is 60.6 cm³/mol. The summed E-state index contributed by atoms with van der Waals surface area (Å²) in [5.41, 5.74) is 1.34. The van der Waals surface area contributed by atoms with Crippen molar-refractivity contribution in [2.75, 3.05) is 0 Å². The van der Waals surface area contributed by atoms with E-state index >= 15 is 0 Å². The van der Waals surface area contributed by atoms with E-state index in [1.807, 2.05) is 6.92 Å². The zero-order valence-electron chi connectivity index (χ0n) is 10.1.